The van der Waals surface area contributed by atoms with Crippen LogP contribution >= 0.6 is 11.3 Å². The summed E-state index contributed by atoms with van der Waals surface area (Å²) in [6.07, 6.45) is 5.32. The number of rotatable bonds is 9. The maximum absolute atomic E-state index is 13.6. The quantitative estimate of drug-likeness (QED) is 0.403. The monoisotopic (exact) mass is 468 g/mol. The van der Waals surface area contributed by atoms with Crippen molar-refractivity contribution in [2.75, 3.05) is 19.6 Å². The van der Waals surface area contributed by atoms with Gasteiger partial charge in [-0.3, -0.25) is 9.59 Å². The summed E-state index contributed by atoms with van der Waals surface area (Å²) in [4.78, 5) is 31.6. The normalized spacial score (nSPS) is 15.9. The number of nitrogens with zero attached hydrogens (tertiary/aromatic N) is 2. The molecule has 0 radical (unpaired) electrons. The van der Waals surface area contributed by atoms with Gasteiger partial charge in [0.2, 0.25) is 11.8 Å². The van der Waals surface area contributed by atoms with E-state index in [1.807, 2.05) is 4.90 Å². The Morgan fingerprint density at radius 2 is 1.79 bits per heavy atom. The third-order valence-electron chi connectivity index (χ3n) is 6.55. The molecule has 2 amide bonds. The number of unbranched alkanes of at least 4 members (excludes halogenated alkanes) is 2. The third kappa shape index (κ3) is 6.26. The van der Waals surface area contributed by atoms with E-state index < -0.39 is 0 Å². The molecular weight excluding hydrogens is 428 g/mol. The van der Waals surface area contributed by atoms with Gasteiger partial charge < -0.3 is 9.80 Å². The molecule has 5 heteroatoms. The Morgan fingerprint density at radius 1 is 1.06 bits per heavy atom. The van der Waals surface area contributed by atoms with Crippen LogP contribution in [0.15, 0.2) is 35.7 Å². The molecule has 0 fully saturated rings. The number of carbonyl (C=O) groups is 2. The number of thiophene rings is 1. The molecule has 0 aliphatic carbocycles. The van der Waals surface area contributed by atoms with E-state index in [0.29, 0.717) is 19.5 Å². The summed E-state index contributed by atoms with van der Waals surface area (Å²) in [5.41, 5.74) is 3.76. The van der Waals surface area contributed by atoms with Gasteiger partial charge in [-0.15, -0.1) is 11.3 Å². The van der Waals surface area contributed by atoms with Crippen molar-refractivity contribution >= 4 is 23.2 Å². The van der Waals surface area contributed by atoms with Crippen LogP contribution in [-0.4, -0.2) is 41.2 Å². The van der Waals surface area contributed by atoms with Crippen LogP contribution in [-0.2, 0) is 21.4 Å². The Bertz CT molecular complexity index is 926. The largest absolute Gasteiger partial charge is 0.333 e. The maximum Gasteiger partial charge on any atom is 0.242 e. The van der Waals surface area contributed by atoms with E-state index in [2.05, 4.69) is 70.3 Å². The summed E-state index contributed by atoms with van der Waals surface area (Å²) in [6, 6.07) is 10.8. The first kappa shape index (κ1) is 25.5. The number of benzene rings is 1. The van der Waals surface area contributed by atoms with Gasteiger partial charge in [0.05, 0.1) is 12.6 Å². The van der Waals surface area contributed by atoms with Crippen molar-refractivity contribution in [1.82, 2.24) is 9.80 Å². The Morgan fingerprint density at radius 3 is 2.42 bits per heavy atom. The second-order valence-electron chi connectivity index (χ2n) is 10.2. The molecule has 0 saturated heterocycles. The van der Waals surface area contributed by atoms with Gasteiger partial charge in [0.25, 0.3) is 0 Å². The Hall–Kier alpha value is -2.14. The van der Waals surface area contributed by atoms with E-state index in [1.165, 1.54) is 16.0 Å². The van der Waals surface area contributed by atoms with Gasteiger partial charge in [-0.05, 0) is 52.8 Å². The SMILES string of the molecule is CCCCCC(=O)N(CCC)CC(=O)N1CCc2sccc2C1c1ccc(C(C)(C)C)cc1. The minimum atomic E-state index is -0.0832. The van der Waals surface area contributed by atoms with Crippen molar-refractivity contribution in [3.05, 3.63) is 57.3 Å². The lowest BCUT2D eigenvalue weighted by Gasteiger charge is -2.38. The predicted molar refractivity (Wildman–Crippen MR) is 138 cm³/mol. The molecule has 1 aromatic heterocycles. The zero-order chi connectivity index (χ0) is 24.0. The average molecular weight is 469 g/mol. The maximum atomic E-state index is 13.6. The summed E-state index contributed by atoms with van der Waals surface area (Å²) in [5.74, 6) is 0.159. The molecule has 1 atom stereocenters. The van der Waals surface area contributed by atoms with E-state index in [1.54, 1.807) is 16.2 Å². The van der Waals surface area contributed by atoms with Crippen LogP contribution in [0.2, 0.25) is 0 Å². The van der Waals surface area contributed by atoms with E-state index in [4.69, 9.17) is 0 Å². The number of carbonyl (C=O) groups excluding carboxylic acids is 2. The molecular formula is C28H40N2O2S. The van der Waals surface area contributed by atoms with Crippen molar-refractivity contribution < 1.29 is 9.59 Å². The van der Waals surface area contributed by atoms with E-state index in [0.717, 1.165) is 37.7 Å². The molecule has 1 unspecified atom stereocenters. The van der Waals surface area contributed by atoms with Gasteiger partial charge in [-0.25, -0.2) is 0 Å². The number of hydrogen-bond donors (Lipinski definition) is 0. The van der Waals surface area contributed by atoms with Gasteiger partial charge in [0.1, 0.15) is 0 Å². The molecule has 0 spiro atoms. The molecule has 2 heterocycles. The lowest BCUT2D eigenvalue weighted by molar-refractivity contribution is -0.141. The fourth-order valence-corrected chi connectivity index (χ4v) is 5.51. The first-order chi connectivity index (χ1) is 15.8. The zero-order valence-corrected chi connectivity index (χ0v) is 21.8. The van der Waals surface area contributed by atoms with Crippen molar-refractivity contribution in [1.29, 1.82) is 0 Å². The van der Waals surface area contributed by atoms with Gasteiger partial charge in [-0.1, -0.05) is 71.7 Å². The molecule has 0 saturated carbocycles. The summed E-state index contributed by atoms with van der Waals surface area (Å²) in [7, 11) is 0. The minimum Gasteiger partial charge on any atom is -0.333 e. The predicted octanol–water partition coefficient (Wildman–Crippen LogP) is 6.34. The third-order valence-corrected chi connectivity index (χ3v) is 7.54. The lowest BCUT2D eigenvalue weighted by Crippen LogP contribution is -2.47. The fourth-order valence-electron chi connectivity index (χ4n) is 4.61. The highest BCUT2D eigenvalue weighted by Crippen LogP contribution is 2.38. The van der Waals surface area contributed by atoms with Crippen LogP contribution in [0.5, 0.6) is 0 Å². The van der Waals surface area contributed by atoms with E-state index >= 15 is 0 Å². The molecule has 3 rings (SSSR count). The van der Waals surface area contributed by atoms with Gasteiger partial charge >= 0.3 is 0 Å². The van der Waals surface area contributed by atoms with Crippen molar-refractivity contribution in [2.45, 2.75) is 84.6 Å². The second kappa shape index (κ2) is 11.3. The highest BCUT2D eigenvalue weighted by atomic mass is 32.1. The van der Waals surface area contributed by atoms with Crippen LogP contribution in [0.1, 0.15) is 94.3 Å². The van der Waals surface area contributed by atoms with Crippen LogP contribution in [0, 0.1) is 0 Å². The lowest BCUT2D eigenvalue weighted by atomic mass is 9.85. The summed E-state index contributed by atoms with van der Waals surface area (Å²) < 4.78 is 0. The van der Waals surface area contributed by atoms with Gasteiger partial charge in [0, 0.05) is 24.4 Å². The van der Waals surface area contributed by atoms with Gasteiger partial charge in [0.15, 0.2) is 0 Å². The molecule has 0 N–H and O–H groups in total. The molecule has 4 nitrogen and oxygen atoms in total. The molecule has 1 aliphatic heterocycles. The summed E-state index contributed by atoms with van der Waals surface area (Å²) >= 11 is 1.78. The first-order valence-electron chi connectivity index (χ1n) is 12.5. The second-order valence-corrected chi connectivity index (χ2v) is 11.2. The van der Waals surface area contributed by atoms with Crippen LogP contribution in [0.4, 0.5) is 0 Å². The van der Waals surface area contributed by atoms with Crippen LogP contribution in [0.25, 0.3) is 0 Å². The van der Waals surface area contributed by atoms with Crippen molar-refractivity contribution in [3.8, 4) is 0 Å². The van der Waals surface area contributed by atoms with Crippen LogP contribution < -0.4 is 0 Å². The Balaban J connectivity index is 1.83. The smallest absolute Gasteiger partial charge is 0.242 e. The standard InChI is InChI=1S/C28H40N2O2S/c1-6-8-9-10-25(31)29(17-7-2)20-26(32)30-18-15-24-23(16-19-33-24)27(30)21-11-13-22(14-12-21)28(3,4)5/h11-14,16,19,27H,6-10,15,17-18,20H2,1-5H3. The molecule has 1 aliphatic rings. The molecule has 1 aromatic carbocycles. The minimum absolute atomic E-state index is 0.0500. The van der Waals surface area contributed by atoms with Crippen LogP contribution in [0.3, 0.4) is 0 Å². The summed E-state index contributed by atoms with van der Waals surface area (Å²) in [5, 5.41) is 2.13. The zero-order valence-electron chi connectivity index (χ0n) is 21.0. The van der Waals surface area contributed by atoms with Crippen molar-refractivity contribution in [3.63, 3.8) is 0 Å². The highest BCUT2D eigenvalue weighted by molar-refractivity contribution is 7.10. The van der Waals surface area contributed by atoms with Gasteiger partial charge in [-0.2, -0.15) is 0 Å². The number of fused-ring (bicyclic) bond motifs is 1. The topological polar surface area (TPSA) is 40.6 Å². The highest BCUT2D eigenvalue weighted by Gasteiger charge is 2.34. The van der Waals surface area contributed by atoms with E-state index in [-0.39, 0.29) is 29.8 Å². The van der Waals surface area contributed by atoms with Crippen molar-refractivity contribution in [2.24, 2.45) is 0 Å². The number of amides is 2. The Kier molecular flexibility index (Phi) is 8.75. The average Bonchev–Trinajstić information content (AvgIpc) is 3.26. The molecule has 180 valence electrons. The first-order valence-corrected chi connectivity index (χ1v) is 13.4. The molecule has 33 heavy (non-hydrogen) atoms. The molecule has 0 bridgehead atoms. The number of hydrogen-bond acceptors (Lipinski definition) is 3. The van der Waals surface area contributed by atoms with E-state index in [9.17, 15) is 9.59 Å². The Labute approximate surface area is 204 Å². The fraction of sp³-hybridized carbons (Fsp3) is 0.571. The molecule has 2 aromatic rings. The summed E-state index contributed by atoms with van der Waals surface area (Å²) in [6.45, 7) is 12.4.